The van der Waals surface area contributed by atoms with Crippen molar-refractivity contribution in [2.75, 3.05) is 39.8 Å². The lowest BCUT2D eigenvalue weighted by Crippen LogP contribution is -2.49. The Morgan fingerprint density at radius 3 is 2.25 bits per heavy atom. The molecule has 2 aromatic carbocycles. The molecule has 1 atom stereocenters. The lowest BCUT2D eigenvalue weighted by atomic mass is 9.95. The normalized spacial score (nSPS) is 17.3. The molecule has 0 radical (unpaired) electrons. The van der Waals surface area contributed by atoms with Crippen LogP contribution in [-0.2, 0) is 15.7 Å². The van der Waals surface area contributed by atoms with E-state index in [2.05, 4.69) is 4.90 Å². The predicted octanol–water partition coefficient (Wildman–Crippen LogP) is 3.59. The minimum atomic E-state index is -4.38. The summed E-state index contributed by atoms with van der Waals surface area (Å²) in [5.41, 5.74) is 0.918. The number of alkyl halides is 3. The van der Waals surface area contributed by atoms with Gasteiger partial charge in [0.2, 0.25) is 0 Å². The van der Waals surface area contributed by atoms with Gasteiger partial charge in [-0.2, -0.15) is 13.2 Å². The molecule has 150 valence electrons. The zero-order valence-electron chi connectivity index (χ0n) is 15.7. The highest BCUT2D eigenvalue weighted by molar-refractivity contribution is 5.71. The number of hydrogen-bond donors (Lipinski definition) is 0. The van der Waals surface area contributed by atoms with E-state index in [1.807, 2.05) is 35.2 Å². The zero-order chi connectivity index (χ0) is 20.1. The van der Waals surface area contributed by atoms with Gasteiger partial charge >= 0.3 is 12.1 Å². The lowest BCUT2D eigenvalue weighted by Gasteiger charge is -2.39. The molecule has 0 amide bonds. The quantitative estimate of drug-likeness (QED) is 0.729. The van der Waals surface area contributed by atoms with Crippen LogP contribution in [0.25, 0.3) is 0 Å². The summed E-state index contributed by atoms with van der Waals surface area (Å²) in [6.45, 7) is 2.82. The van der Waals surface area contributed by atoms with Crippen molar-refractivity contribution in [2.45, 2.75) is 12.2 Å². The highest BCUT2D eigenvalue weighted by Crippen LogP contribution is 2.34. The number of esters is 1. The number of benzene rings is 2. The van der Waals surface area contributed by atoms with Gasteiger partial charge in [0.25, 0.3) is 0 Å². The number of carbonyl (C=O) groups excluding carboxylic acids is 1. The molecule has 7 heteroatoms. The van der Waals surface area contributed by atoms with Crippen LogP contribution in [-0.4, -0.2) is 55.6 Å². The molecule has 0 saturated carbocycles. The van der Waals surface area contributed by atoms with Gasteiger partial charge in [0.1, 0.15) is 0 Å². The second-order valence-electron chi connectivity index (χ2n) is 6.82. The van der Waals surface area contributed by atoms with Gasteiger partial charge in [-0.05, 0) is 23.3 Å². The third-order valence-electron chi connectivity index (χ3n) is 5.00. The molecule has 2 aromatic rings. The van der Waals surface area contributed by atoms with Crippen LogP contribution in [0.5, 0.6) is 0 Å². The fraction of sp³-hybridized carbons (Fsp3) is 0.381. The fourth-order valence-electron chi connectivity index (χ4n) is 3.56. The predicted molar refractivity (Wildman–Crippen MR) is 99.8 cm³/mol. The molecule has 28 heavy (non-hydrogen) atoms. The summed E-state index contributed by atoms with van der Waals surface area (Å²) in [4.78, 5) is 15.6. The molecule has 1 fully saturated rings. The number of carbonyl (C=O) groups is 1. The number of ether oxygens (including phenoxy) is 1. The first-order valence-electron chi connectivity index (χ1n) is 9.14. The smallest absolute Gasteiger partial charge is 0.416 e. The summed E-state index contributed by atoms with van der Waals surface area (Å²) in [5, 5.41) is 0. The maximum absolute atomic E-state index is 13.2. The summed E-state index contributed by atoms with van der Waals surface area (Å²) in [6, 6.07) is 14.8. The molecular formula is C21H23F3N2O2. The van der Waals surface area contributed by atoms with Crippen molar-refractivity contribution in [1.29, 1.82) is 0 Å². The number of methoxy groups -OCH3 is 1. The molecule has 0 aromatic heterocycles. The van der Waals surface area contributed by atoms with Crippen LogP contribution >= 0.6 is 0 Å². The third kappa shape index (κ3) is 4.91. The number of halogens is 3. The van der Waals surface area contributed by atoms with Crippen LogP contribution in [0.3, 0.4) is 0 Å². The lowest BCUT2D eigenvalue weighted by molar-refractivity contribution is -0.142. The van der Waals surface area contributed by atoms with E-state index >= 15 is 0 Å². The van der Waals surface area contributed by atoms with Gasteiger partial charge in [0.15, 0.2) is 0 Å². The minimum absolute atomic E-state index is 0.226. The molecule has 0 spiro atoms. The summed E-state index contributed by atoms with van der Waals surface area (Å²) in [6.07, 6.45) is -4.38. The number of piperazine rings is 1. The van der Waals surface area contributed by atoms with Crippen molar-refractivity contribution in [2.24, 2.45) is 0 Å². The van der Waals surface area contributed by atoms with Crippen LogP contribution in [0.15, 0.2) is 54.6 Å². The first-order chi connectivity index (χ1) is 13.4. The minimum Gasteiger partial charge on any atom is -0.468 e. The van der Waals surface area contributed by atoms with E-state index in [0.29, 0.717) is 31.7 Å². The van der Waals surface area contributed by atoms with Crippen LogP contribution < -0.4 is 0 Å². The molecule has 0 bridgehead atoms. The van der Waals surface area contributed by atoms with Gasteiger partial charge in [0, 0.05) is 26.2 Å². The van der Waals surface area contributed by atoms with E-state index in [1.54, 1.807) is 6.07 Å². The Morgan fingerprint density at radius 2 is 1.64 bits per heavy atom. The van der Waals surface area contributed by atoms with Crippen LogP contribution in [0.4, 0.5) is 13.2 Å². The number of nitrogens with zero attached hydrogens (tertiary/aromatic N) is 2. The van der Waals surface area contributed by atoms with E-state index in [4.69, 9.17) is 4.74 Å². The molecule has 1 aliphatic heterocycles. The molecule has 1 aliphatic rings. The average Bonchev–Trinajstić information content (AvgIpc) is 2.70. The van der Waals surface area contributed by atoms with E-state index in [1.165, 1.54) is 19.2 Å². The fourth-order valence-corrected chi connectivity index (χ4v) is 3.56. The Morgan fingerprint density at radius 1 is 1.00 bits per heavy atom. The van der Waals surface area contributed by atoms with Gasteiger partial charge in [-0.1, -0.05) is 42.5 Å². The van der Waals surface area contributed by atoms with Crippen molar-refractivity contribution in [1.82, 2.24) is 9.80 Å². The van der Waals surface area contributed by atoms with E-state index in [9.17, 15) is 18.0 Å². The molecule has 4 nitrogen and oxygen atoms in total. The highest BCUT2D eigenvalue weighted by Gasteiger charge is 2.33. The van der Waals surface area contributed by atoms with Gasteiger partial charge in [0.05, 0.1) is 25.3 Å². The molecule has 3 rings (SSSR count). The Labute approximate surface area is 162 Å². The van der Waals surface area contributed by atoms with Crippen molar-refractivity contribution in [3.63, 3.8) is 0 Å². The largest absolute Gasteiger partial charge is 0.468 e. The topological polar surface area (TPSA) is 32.8 Å². The van der Waals surface area contributed by atoms with Crippen LogP contribution in [0.2, 0.25) is 0 Å². The van der Waals surface area contributed by atoms with Crippen molar-refractivity contribution in [3.05, 3.63) is 71.3 Å². The Kier molecular flexibility index (Phi) is 6.36. The standard InChI is InChI=1S/C21H23F3N2O2/c1-28-19(27)15-25-10-12-26(13-11-25)20(16-6-3-2-4-7-16)17-8-5-9-18(14-17)21(22,23)24/h2-9,14,20H,10-13,15H2,1H3/t20-/m1/s1. The highest BCUT2D eigenvalue weighted by atomic mass is 19.4. The van der Waals surface area contributed by atoms with Crippen molar-refractivity contribution < 1.29 is 22.7 Å². The summed E-state index contributed by atoms with van der Waals surface area (Å²) < 4.78 is 44.4. The third-order valence-corrected chi connectivity index (χ3v) is 5.00. The number of hydrogen-bond acceptors (Lipinski definition) is 4. The maximum atomic E-state index is 13.2. The van der Waals surface area contributed by atoms with E-state index in [-0.39, 0.29) is 18.6 Å². The SMILES string of the molecule is COC(=O)CN1CCN([C@H](c2ccccc2)c2cccc(C(F)(F)F)c2)CC1. The first kappa shape index (κ1) is 20.4. The second kappa shape index (κ2) is 8.75. The van der Waals surface area contributed by atoms with Crippen LogP contribution in [0, 0.1) is 0 Å². The van der Waals surface area contributed by atoms with Gasteiger partial charge in [-0.15, -0.1) is 0 Å². The Balaban J connectivity index is 1.85. The molecule has 1 heterocycles. The molecule has 1 saturated heterocycles. The molecular weight excluding hydrogens is 369 g/mol. The van der Waals surface area contributed by atoms with Gasteiger partial charge < -0.3 is 4.74 Å². The van der Waals surface area contributed by atoms with Gasteiger partial charge in [-0.25, -0.2) is 0 Å². The Hall–Kier alpha value is -2.38. The van der Waals surface area contributed by atoms with E-state index in [0.717, 1.165) is 11.6 Å². The molecule has 0 N–H and O–H groups in total. The second-order valence-corrected chi connectivity index (χ2v) is 6.82. The van der Waals surface area contributed by atoms with Crippen molar-refractivity contribution >= 4 is 5.97 Å². The molecule has 0 aliphatic carbocycles. The van der Waals surface area contributed by atoms with Crippen LogP contribution in [0.1, 0.15) is 22.7 Å². The first-order valence-corrected chi connectivity index (χ1v) is 9.14. The van der Waals surface area contributed by atoms with E-state index < -0.39 is 11.7 Å². The molecule has 0 unspecified atom stereocenters. The summed E-state index contributed by atoms with van der Waals surface area (Å²) in [5.74, 6) is -0.286. The van der Waals surface area contributed by atoms with Crippen molar-refractivity contribution in [3.8, 4) is 0 Å². The average molecular weight is 392 g/mol. The Bertz CT molecular complexity index is 788. The zero-order valence-corrected chi connectivity index (χ0v) is 15.7. The maximum Gasteiger partial charge on any atom is 0.416 e. The summed E-state index contributed by atoms with van der Waals surface area (Å²) >= 11 is 0. The summed E-state index contributed by atoms with van der Waals surface area (Å²) in [7, 11) is 1.36. The number of rotatable bonds is 5. The monoisotopic (exact) mass is 392 g/mol. The van der Waals surface area contributed by atoms with Gasteiger partial charge in [-0.3, -0.25) is 14.6 Å².